The minimum atomic E-state index is -3.53. The maximum Gasteiger partial charge on any atom is 0.366 e. The summed E-state index contributed by atoms with van der Waals surface area (Å²) in [5.41, 5.74) is 5.08. The Hall–Kier alpha value is -2.46. The van der Waals surface area contributed by atoms with Gasteiger partial charge in [-0.05, 0) is 30.7 Å². The highest BCUT2D eigenvalue weighted by Crippen LogP contribution is 2.46. The van der Waals surface area contributed by atoms with Gasteiger partial charge in [-0.25, -0.2) is 4.99 Å². The standard InChI is InChI=1S/C25H28Cl2N5O3S/c1-16(33)31-8-6-30(7-9-31)14-24-25(20-5-4-18(26)12-22(20)27)28-19-10-17-11-21(17)23(15-32(24)13-19)29(2)36(3,34)35/h4-5,10,12,15,21H,2,6-9,11,13-14H2,1,3H3/q+1. The van der Waals surface area contributed by atoms with Gasteiger partial charge in [0.1, 0.15) is 0 Å². The Balaban J connectivity index is 1.60. The number of carbonyl (C=O) groups excluding carboxylic acids is 1. The van der Waals surface area contributed by atoms with Crippen molar-refractivity contribution in [1.29, 1.82) is 0 Å². The second-order valence-electron chi connectivity index (χ2n) is 9.57. The Bertz CT molecular complexity index is 1390. The highest BCUT2D eigenvalue weighted by Gasteiger charge is 2.44. The van der Waals surface area contributed by atoms with Crippen molar-refractivity contribution in [3.05, 3.63) is 63.1 Å². The van der Waals surface area contributed by atoms with E-state index in [2.05, 4.69) is 22.6 Å². The molecule has 1 unspecified atom stereocenters. The topological polar surface area (TPSA) is 76.3 Å². The number of amides is 1. The van der Waals surface area contributed by atoms with Crippen LogP contribution in [0.4, 0.5) is 0 Å². The smallest absolute Gasteiger partial charge is 0.340 e. The Kier molecular flexibility index (Phi) is 6.61. The van der Waals surface area contributed by atoms with Crippen molar-refractivity contribution in [2.24, 2.45) is 10.9 Å². The first-order valence-electron chi connectivity index (χ1n) is 11.7. The molecule has 1 aromatic rings. The summed E-state index contributed by atoms with van der Waals surface area (Å²) >= 11 is 12.8. The zero-order valence-corrected chi connectivity index (χ0v) is 22.6. The minimum absolute atomic E-state index is 0.00579. The summed E-state index contributed by atoms with van der Waals surface area (Å²) in [7, 11) is -3.53. The van der Waals surface area contributed by atoms with Gasteiger partial charge < -0.3 is 9.80 Å². The molecule has 0 N–H and O–H groups in total. The van der Waals surface area contributed by atoms with Gasteiger partial charge in [0.15, 0.2) is 6.72 Å². The van der Waals surface area contributed by atoms with E-state index in [4.69, 9.17) is 28.2 Å². The van der Waals surface area contributed by atoms with E-state index in [0.717, 1.165) is 51.7 Å². The third-order valence-electron chi connectivity index (χ3n) is 7.00. The molecule has 1 atom stereocenters. The molecular weight excluding hydrogens is 521 g/mol. The molecule has 3 heterocycles. The van der Waals surface area contributed by atoms with Crippen molar-refractivity contribution < 1.29 is 17.2 Å². The summed E-state index contributed by atoms with van der Waals surface area (Å²) in [6.07, 6.45) is 5.91. The largest absolute Gasteiger partial charge is 0.366 e. The Morgan fingerprint density at radius 1 is 1.22 bits per heavy atom. The van der Waals surface area contributed by atoms with Crippen LogP contribution in [0.5, 0.6) is 0 Å². The summed E-state index contributed by atoms with van der Waals surface area (Å²) in [6, 6.07) is 5.36. The Labute approximate surface area is 221 Å². The first kappa shape index (κ1) is 25.2. The summed E-state index contributed by atoms with van der Waals surface area (Å²) < 4.78 is 25.9. The number of carbonyl (C=O) groups is 1. The van der Waals surface area contributed by atoms with Gasteiger partial charge in [-0.2, -0.15) is 8.42 Å². The van der Waals surface area contributed by atoms with E-state index in [9.17, 15) is 13.2 Å². The second-order valence-corrected chi connectivity index (χ2v) is 12.3. The van der Waals surface area contributed by atoms with Crippen LogP contribution in [0.15, 0.2) is 52.4 Å². The van der Waals surface area contributed by atoms with Crippen molar-refractivity contribution in [3.63, 3.8) is 0 Å². The number of rotatable bonds is 5. The number of piperazine rings is 1. The predicted molar refractivity (Wildman–Crippen MR) is 143 cm³/mol. The van der Waals surface area contributed by atoms with Crippen LogP contribution < -0.4 is 0 Å². The predicted octanol–water partition coefficient (Wildman–Crippen LogP) is 3.06. The maximum atomic E-state index is 12.4. The Morgan fingerprint density at radius 3 is 2.58 bits per heavy atom. The monoisotopic (exact) mass is 548 g/mol. The van der Waals surface area contributed by atoms with Gasteiger partial charge in [-0.1, -0.05) is 32.8 Å². The number of nitrogens with zero attached hydrogens (tertiary/aromatic N) is 5. The molecule has 1 aromatic carbocycles. The molecule has 36 heavy (non-hydrogen) atoms. The molecule has 0 aromatic heterocycles. The number of fused-ring (bicyclic) bond motifs is 3. The number of allylic oxidation sites excluding steroid dienone is 1. The van der Waals surface area contributed by atoms with E-state index < -0.39 is 10.0 Å². The van der Waals surface area contributed by atoms with Crippen LogP contribution in [-0.4, -0.2) is 91.0 Å². The van der Waals surface area contributed by atoms with E-state index in [-0.39, 0.29) is 11.8 Å². The van der Waals surface area contributed by atoms with Crippen LogP contribution in [-0.2, 0) is 14.8 Å². The first-order valence-corrected chi connectivity index (χ1v) is 14.4. The van der Waals surface area contributed by atoms with Crippen LogP contribution >= 0.6 is 23.2 Å². The molecule has 1 saturated heterocycles. The number of hydrogen-bond donors (Lipinski definition) is 0. The molecule has 3 aliphatic heterocycles. The molecule has 4 aliphatic rings. The van der Waals surface area contributed by atoms with E-state index in [0.29, 0.717) is 41.9 Å². The van der Waals surface area contributed by atoms with Crippen LogP contribution in [0.25, 0.3) is 5.70 Å². The summed E-state index contributed by atoms with van der Waals surface area (Å²) in [6.45, 7) is 9.28. The molecule has 0 radical (unpaired) electrons. The van der Waals surface area contributed by atoms with E-state index in [1.807, 2.05) is 17.2 Å². The summed E-state index contributed by atoms with van der Waals surface area (Å²) in [4.78, 5) is 23.0. The summed E-state index contributed by atoms with van der Waals surface area (Å²) in [5.74, 6) is 0.0837. The van der Waals surface area contributed by atoms with Gasteiger partial charge in [0, 0.05) is 50.2 Å². The van der Waals surface area contributed by atoms with Crippen LogP contribution in [0.1, 0.15) is 18.9 Å². The number of halogens is 2. The van der Waals surface area contributed by atoms with Gasteiger partial charge in [-0.15, -0.1) is 0 Å². The van der Waals surface area contributed by atoms with E-state index in [1.165, 1.54) is 6.26 Å². The molecule has 1 amide bonds. The van der Waals surface area contributed by atoms with Crippen LogP contribution in [0, 0.1) is 5.92 Å². The van der Waals surface area contributed by atoms with Crippen LogP contribution in [0.3, 0.4) is 0 Å². The molecule has 1 saturated carbocycles. The molecular formula is C25H28Cl2N5O3S+. The molecule has 1 aliphatic carbocycles. The molecule has 8 nitrogen and oxygen atoms in total. The molecule has 0 spiro atoms. The van der Waals surface area contributed by atoms with Crippen LogP contribution in [0.2, 0.25) is 10.0 Å². The molecule has 190 valence electrons. The zero-order valence-electron chi connectivity index (χ0n) is 20.2. The lowest BCUT2D eigenvalue weighted by atomic mass is 10.0. The lowest BCUT2D eigenvalue weighted by Crippen LogP contribution is -2.49. The highest BCUT2D eigenvalue weighted by atomic mass is 35.5. The number of benzene rings is 1. The van der Waals surface area contributed by atoms with E-state index in [1.54, 1.807) is 19.1 Å². The molecule has 5 rings (SSSR count). The normalized spacial score (nSPS) is 22.2. The van der Waals surface area contributed by atoms with Gasteiger partial charge in [0.05, 0.1) is 47.0 Å². The van der Waals surface area contributed by atoms with Crippen molar-refractivity contribution in [2.45, 2.75) is 13.3 Å². The van der Waals surface area contributed by atoms with Gasteiger partial charge in [-0.3, -0.25) is 9.69 Å². The van der Waals surface area contributed by atoms with Crippen molar-refractivity contribution in [1.82, 2.24) is 14.7 Å². The second kappa shape index (κ2) is 9.45. The minimum Gasteiger partial charge on any atom is -0.340 e. The fraction of sp³-hybridized carbons (Fsp3) is 0.400. The fourth-order valence-electron chi connectivity index (χ4n) is 4.87. The van der Waals surface area contributed by atoms with Crippen molar-refractivity contribution in [3.8, 4) is 0 Å². The van der Waals surface area contributed by atoms with Gasteiger partial charge in [0.2, 0.25) is 11.6 Å². The lowest BCUT2D eigenvalue weighted by Gasteiger charge is -2.38. The molecule has 2 fully saturated rings. The average Bonchev–Trinajstić information content (AvgIpc) is 3.55. The van der Waals surface area contributed by atoms with Gasteiger partial charge in [0.25, 0.3) is 0 Å². The van der Waals surface area contributed by atoms with Crippen molar-refractivity contribution >= 4 is 57.3 Å². The molecule has 2 bridgehead atoms. The third-order valence-corrected chi connectivity index (χ3v) is 8.56. The number of aliphatic imine (C=N–C) groups is 1. The SMILES string of the molecule is C=[N+](C1=CN2CC(=NC(c3ccc(Cl)cc3Cl)=C2CN2CCN(C(C)=O)CC2)C=C2CC21)S(C)(=O)=O. The number of hydrogen-bond acceptors (Lipinski definition) is 6. The molecule has 11 heteroatoms. The van der Waals surface area contributed by atoms with Gasteiger partial charge >= 0.3 is 10.0 Å². The first-order chi connectivity index (χ1) is 17.0. The average molecular weight is 550 g/mol. The summed E-state index contributed by atoms with van der Waals surface area (Å²) in [5, 5.41) is 1.03. The van der Waals surface area contributed by atoms with E-state index >= 15 is 0 Å². The fourth-order valence-corrected chi connectivity index (χ4v) is 5.93. The lowest BCUT2D eigenvalue weighted by molar-refractivity contribution is -0.301. The van der Waals surface area contributed by atoms with Crippen molar-refractivity contribution in [2.75, 3.05) is 45.5 Å². The third kappa shape index (κ3) is 5.02. The maximum absolute atomic E-state index is 12.4. The number of sulfonamides is 1. The Morgan fingerprint density at radius 2 is 1.94 bits per heavy atom. The quantitative estimate of drug-likeness (QED) is 0.417. The zero-order chi connectivity index (χ0) is 25.8. The highest BCUT2D eigenvalue weighted by molar-refractivity contribution is 7.84.